The Bertz CT molecular complexity index is 576. The van der Waals surface area contributed by atoms with Gasteiger partial charge in [0.05, 0.1) is 6.54 Å². The van der Waals surface area contributed by atoms with E-state index in [4.69, 9.17) is 5.11 Å². The van der Waals surface area contributed by atoms with Crippen LogP contribution in [0.2, 0.25) is 0 Å². The maximum atomic E-state index is 12.8. The molecule has 0 aliphatic carbocycles. The van der Waals surface area contributed by atoms with Crippen molar-refractivity contribution in [1.82, 2.24) is 5.32 Å². The Morgan fingerprint density at radius 2 is 2.10 bits per heavy atom. The van der Waals surface area contributed by atoms with Crippen LogP contribution in [0.15, 0.2) is 18.2 Å². The first-order valence-corrected chi connectivity index (χ1v) is 5.92. The Labute approximate surface area is 119 Å². The molecule has 0 saturated heterocycles. The van der Waals surface area contributed by atoms with E-state index in [1.165, 1.54) is 6.07 Å². The molecule has 2 N–H and O–H groups in total. The SMILES string of the molecule is Cc1ccc(C#CCO)cc1C(=O)NCC(F)(F)C(F)F. The van der Waals surface area contributed by atoms with E-state index < -0.39 is 24.8 Å². The van der Waals surface area contributed by atoms with Crippen LogP contribution in [-0.4, -0.2) is 36.5 Å². The minimum Gasteiger partial charge on any atom is -0.384 e. The largest absolute Gasteiger partial charge is 0.384 e. The Morgan fingerprint density at radius 1 is 1.43 bits per heavy atom. The number of nitrogens with one attached hydrogen (secondary N) is 1. The average Bonchev–Trinajstić information content (AvgIpc) is 2.43. The van der Waals surface area contributed by atoms with E-state index in [1.807, 2.05) is 0 Å². The Morgan fingerprint density at radius 3 is 2.67 bits per heavy atom. The molecule has 1 rings (SSSR count). The molecule has 1 aromatic carbocycles. The highest BCUT2D eigenvalue weighted by atomic mass is 19.3. The van der Waals surface area contributed by atoms with Crippen molar-refractivity contribution in [2.24, 2.45) is 0 Å². The topological polar surface area (TPSA) is 49.3 Å². The van der Waals surface area contributed by atoms with Gasteiger partial charge in [-0.3, -0.25) is 4.79 Å². The van der Waals surface area contributed by atoms with Crippen molar-refractivity contribution in [3.63, 3.8) is 0 Å². The summed E-state index contributed by atoms with van der Waals surface area (Å²) < 4.78 is 49.5. The van der Waals surface area contributed by atoms with Crippen molar-refractivity contribution in [1.29, 1.82) is 0 Å². The molecule has 0 heterocycles. The van der Waals surface area contributed by atoms with E-state index in [1.54, 1.807) is 24.4 Å². The molecule has 0 radical (unpaired) electrons. The first-order chi connectivity index (χ1) is 9.77. The van der Waals surface area contributed by atoms with Crippen molar-refractivity contribution in [2.45, 2.75) is 19.3 Å². The smallest absolute Gasteiger partial charge is 0.324 e. The summed E-state index contributed by atoms with van der Waals surface area (Å²) in [5.74, 6) is -0.233. The molecule has 1 aromatic rings. The van der Waals surface area contributed by atoms with Crippen molar-refractivity contribution in [3.05, 3.63) is 34.9 Å². The summed E-state index contributed by atoms with van der Waals surface area (Å²) in [5.41, 5.74) is 0.952. The molecule has 0 spiro atoms. The first kappa shape index (κ1) is 17.0. The summed E-state index contributed by atoms with van der Waals surface area (Å²) in [5, 5.41) is 10.4. The molecule has 1 amide bonds. The van der Waals surface area contributed by atoms with Gasteiger partial charge >= 0.3 is 12.3 Å². The zero-order valence-corrected chi connectivity index (χ0v) is 11.1. The third-order valence-corrected chi connectivity index (χ3v) is 2.60. The van der Waals surface area contributed by atoms with Crippen LogP contribution < -0.4 is 5.32 Å². The molecule has 0 fully saturated rings. The zero-order chi connectivity index (χ0) is 16.0. The van der Waals surface area contributed by atoms with Gasteiger partial charge in [-0.25, -0.2) is 8.78 Å². The molecule has 0 aromatic heterocycles. The lowest BCUT2D eigenvalue weighted by Crippen LogP contribution is -2.41. The molecule has 0 unspecified atom stereocenters. The maximum absolute atomic E-state index is 12.8. The van der Waals surface area contributed by atoms with Crippen molar-refractivity contribution < 1.29 is 27.5 Å². The summed E-state index contributed by atoms with van der Waals surface area (Å²) in [4.78, 5) is 11.8. The number of amides is 1. The molecule has 0 aliphatic heterocycles. The number of hydrogen-bond donors (Lipinski definition) is 2. The fourth-order valence-electron chi connectivity index (χ4n) is 1.46. The second-order valence-electron chi connectivity index (χ2n) is 4.23. The van der Waals surface area contributed by atoms with Crippen molar-refractivity contribution in [3.8, 4) is 11.8 Å². The van der Waals surface area contributed by atoms with Gasteiger partial charge in [-0.15, -0.1) is 0 Å². The summed E-state index contributed by atoms with van der Waals surface area (Å²) in [7, 11) is 0. The molecule has 21 heavy (non-hydrogen) atoms. The summed E-state index contributed by atoms with van der Waals surface area (Å²) in [6.45, 7) is -0.241. The molecule has 0 atom stereocenters. The average molecular weight is 303 g/mol. The third-order valence-electron chi connectivity index (χ3n) is 2.60. The standard InChI is InChI=1S/C14H13F4NO2/c1-9-4-5-10(3-2-6-20)7-11(9)12(21)19-8-14(17,18)13(15)16/h4-5,7,13,20H,6,8H2,1H3,(H,19,21). The van der Waals surface area contributed by atoms with Gasteiger partial charge in [-0.2, -0.15) is 8.78 Å². The van der Waals surface area contributed by atoms with Gasteiger partial charge in [0.25, 0.3) is 5.91 Å². The number of aryl methyl sites for hydroxylation is 1. The lowest BCUT2D eigenvalue weighted by molar-refractivity contribution is -0.123. The monoisotopic (exact) mass is 303 g/mol. The highest BCUT2D eigenvalue weighted by Crippen LogP contribution is 2.21. The Kier molecular flexibility index (Phi) is 5.73. The molecule has 0 bridgehead atoms. The number of carbonyl (C=O) groups is 1. The van der Waals surface area contributed by atoms with Crippen LogP contribution in [0.5, 0.6) is 0 Å². The van der Waals surface area contributed by atoms with Gasteiger partial charge in [0.1, 0.15) is 6.61 Å². The van der Waals surface area contributed by atoms with E-state index >= 15 is 0 Å². The number of carbonyl (C=O) groups excluding carboxylic acids is 1. The molecular formula is C14H13F4NO2. The number of halogens is 4. The normalized spacial score (nSPS) is 11.0. The van der Waals surface area contributed by atoms with Crippen LogP contribution in [0.3, 0.4) is 0 Å². The number of hydrogen-bond acceptors (Lipinski definition) is 2. The van der Waals surface area contributed by atoms with Crippen molar-refractivity contribution in [2.75, 3.05) is 13.2 Å². The third kappa shape index (κ3) is 4.76. The minimum atomic E-state index is -4.28. The van der Waals surface area contributed by atoms with E-state index in [-0.39, 0.29) is 12.2 Å². The van der Waals surface area contributed by atoms with Gasteiger partial charge in [0.15, 0.2) is 0 Å². The quantitative estimate of drug-likeness (QED) is 0.660. The zero-order valence-electron chi connectivity index (χ0n) is 11.1. The number of aliphatic hydroxyl groups is 1. The van der Waals surface area contributed by atoms with Gasteiger partial charge in [-0.1, -0.05) is 17.9 Å². The fourth-order valence-corrected chi connectivity index (χ4v) is 1.46. The Balaban J connectivity index is 2.87. The molecule has 114 valence electrons. The van der Waals surface area contributed by atoms with Crippen LogP contribution in [-0.2, 0) is 0 Å². The molecule has 0 saturated carbocycles. The molecule has 0 aliphatic rings. The van der Waals surface area contributed by atoms with Crippen LogP contribution >= 0.6 is 0 Å². The van der Waals surface area contributed by atoms with Gasteiger partial charge in [-0.05, 0) is 24.6 Å². The van der Waals surface area contributed by atoms with Crippen LogP contribution in [0.1, 0.15) is 21.5 Å². The van der Waals surface area contributed by atoms with Crippen LogP contribution in [0.25, 0.3) is 0 Å². The highest BCUT2D eigenvalue weighted by molar-refractivity contribution is 5.96. The second-order valence-corrected chi connectivity index (χ2v) is 4.23. The fraction of sp³-hybridized carbons (Fsp3) is 0.357. The predicted molar refractivity (Wildman–Crippen MR) is 68.4 cm³/mol. The van der Waals surface area contributed by atoms with Gasteiger partial charge < -0.3 is 10.4 Å². The number of alkyl halides is 4. The van der Waals surface area contributed by atoms with E-state index in [9.17, 15) is 22.4 Å². The lowest BCUT2D eigenvalue weighted by Gasteiger charge is -2.16. The van der Waals surface area contributed by atoms with Gasteiger partial charge in [0.2, 0.25) is 0 Å². The number of aliphatic hydroxyl groups excluding tert-OH is 1. The summed E-state index contributed by atoms with van der Waals surface area (Å²) in [6, 6.07) is 4.47. The maximum Gasteiger partial charge on any atom is 0.324 e. The summed E-state index contributed by atoms with van der Waals surface area (Å²) >= 11 is 0. The van der Waals surface area contributed by atoms with Crippen molar-refractivity contribution >= 4 is 5.91 Å². The second kappa shape index (κ2) is 7.09. The van der Waals surface area contributed by atoms with Crippen LogP contribution in [0.4, 0.5) is 17.6 Å². The number of benzene rings is 1. The molecular weight excluding hydrogens is 290 g/mol. The molecule has 3 nitrogen and oxygen atoms in total. The van der Waals surface area contributed by atoms with E-state index in [2.05, 4.69) is 11.8 Å². The number of rotatable bonds is 4. The summed E-state index contributed by atoms with van der Waals surface area (Å²) in [6.07, 6.45) is -3.85. The van der Waals surface area contributed by atoms with E-state index in [0.717, 1.165) is 0 Å². The van der Waals surface area contributed by atoms with E-state index in [0.29, 0.717) is 11.1 Å². The predicted octanol–water partition coefficient (Wildman–Crippen LogP) is 1.97. The van der Waals surface area contributed by atoms with Crippen LogP contribution in [0, 0.1) is 18.8 Å². The Hall–Kier alpha value is -2.07. The van der Waals surface area contributed by atoms with Gasteiger partial charge in [0, 0.05) is 11.1 Å². The highest BCUT2D eigenvalue weighted by Gasteiger charge is 2.40. The lowest BCUT2D eigenvalue weighted by atomic mass is 10.0. The molecule has 7 heteroatoms. The first-order valence-electron chi connectivity index (χ1n) is 5.92. The minimum absolute atomic E-state index is 0.0600.